The van der Waals surface area contributed by atoms with Gasteiger partial charge in [-0.15, -0.1) is 0 Å². The third-order valence-corrected chi connectivity index (χ3v) is 2.85. The largest absolute Gasteiger partial charge is 0.465 e. The molecule has 0 aliphatic heterocycles. The van der Waals surface area contributed by atoms with Gasteiger partial charge >= 0.3 is 5.97 Å². The summed E-state index contributed by atoms with van der Waals surface area (Å²) in [6, 6.07) is 1.41. The summed E-state index contributed by atoms with van der Waals surface area (Å²) in [4.78, 5) is 15.4. The Morgan fingerprint density at radius 2 is 2.31 bits per heavy atom. The van der Waals surface area contributed by atoms with Gasteiger partial charge in [0.25, 0.3) is 0 Å². The molecule has 0 saturated heterocycles. The van der Waals surface area contributed by atoms with E-state index in [2.05, 4.69) is 25.7 Å². The van der Waals surface area contributed by atoms with E-state index in [0.29, 0.717) is 15.9 Å². The van der Waals surface area contributed by atoms with Gasteiger partial charge in [0.2, 0.25) is 0 Å². The zero-order chi connectivity index (χ0) is 11.9. The number of pyridine rings is 1. The van der Waals surface area contributed by atoms with Crippen molar-refractivity contribution in [3.63, 3.8) is 0 Å². The van der Waals surface area contributed by atoms with Crippen LogP contribution in [-0.4, -0.2) is 22.5 Å². The number of hydrogen-bond donors (Lipinski definition) is 0. The van der Waals surface area contributed by atoms with Gasteiger partial charge in [-0.1, -0.05) is 0 Å². The molecule has 6 heteroatoms. The number of halogens is 2. The Kier molecular flexibility index (Phi) is 2.67. The maximum atomic E-state index is 13.6. The number of nitrogens with zero attached hydrogens (tertiary/aromatic N) is 2. The number of rotatable bonds is 1. The van der Waals surface area contributed by atoms with E-state index < -0.39 is 11.8 Å². The van der Waals surface area contributed by atoms with Crippen molar-refractivity contribution in [2.75, 3.05) is 7.11 Å². The zero-order valence-corrected chi connectivity index (χ0v) is 10.2. The van der Waals surface area contributed by atoms with Crippen molar-refractivity contribution in [3.8, 4) is 0 Å². The third kappa shape index (κ3) is 1.59. The number of imidazole rings is 1. The molecule has 16 heavy (non-hydrogen) atoms. The molecule has 2 rings (SSSR count). The van der Waals surface area contributed by atoms with Crippen LogP contribution in [0.25, 0.3) is 5.52 Å². The molecule has 0 aliphatic rings. The molecular weight excluding hydrogens is 279 g/mol. The highest BCUT2D eigenvalue weighted by Gasteiger charge is 2.16. The summed E-state index contributed by atoms with van der Waals surface area (Å²) in [5, 5.41) is 0. The van der Waals surface area contributed by atoms with E-state index in [0.717, 1.165) is 0 Å². The van der Waals surface area contributed by atoms with E-state index in [4.69, 9.17) is 0 Å². The highest BCUT2D eigenvalue weighted by atomic mass is 79.9. The average Bonchev–Trinajstić information content (AvgIpc) is 2.52. The molecule has 0 atom stereocenters. The average molecular weight is 287 g/mol. The molecule has 2 heterocycles. The van der Waals surface area contributed by atoms with Gasteiger partial charge in [-0.05, 0) is 28.9 Å². The van der Waals surface area contributed by atoms with Crippen molar-refractivity contribution in [3.05, 3.63) is 34.1 Å². The Morgan fingerprint density at radius 3 is 2.94 bits per heavy atom. The lowest BCUT2D eigenvalue weighted by Gasteiger charge is -2.03. The van der Waals surface area contributed by atoms with Crippen LogP contribution in [0.2, 0.25) is 0 Å². The van der Waals surface area contributed by atoms with Crippen LogP contribution in [0.15, 0.2) is 16.9 Å². The van der Waals surface area contributed by atoms with Gasteiger partial charge in [0.15, 0.2) is 5.82 Å². The topological polar surface area (TPSA) is 43.6 Å². The summed E-state index contributed by atoms with van der Waals surface area (Å²) in [6.45, 7) is 1.75. The van der Waals surface area contributed by atoms with Gasteiger partial charge in [0.1, 0.15) is 10.4 Å². The summed E-state index contributed by atoms with van der Waals surface area (Å²) in [5.74, 6) is -0.699. The Labute approximate surface area is 99.2 Å². The van der Waals surface area contributed by atoms with Gasteiger partial charge in [-0.2, -0.15) is 0 Å². The van der Waals surface area contributed by atoms with Crippen LogP contribution in [0.5, 0.6) is 0 Å². The summed E-state index contributed by atoms with van der Waals surface area (Å²) in [6.07, 6.45) is 1.22. The lowest BCUT2D eigenvalue weighted by Crippen LogP contribution is -2.06. The van der Waals surface area contributed by atoms with Gasteiger partial charge in [-0.25, -0.2) is 14.2 Å². The predicted molar refractivity (Wildman–Crippen MR) is 58.9 cm³/mol. The molecule has 0 aromatic carbocycles. The highest BCUT2D eigenvalue weighted by molar-refractivity contribution is 9.10. The number of hydrogen-bond acceptors (Lipinski definition) is 3. The molecule has 4 nitrogen and oxygen atoms in total. The molecule has 0 amide bonds. The molecule has 0 N–H and O–H groups in total. The van der Waals surface area contributed by atoms with Crippen LogP contribution in [0.3, 0.4) is 0 Å². The Morgan fingerprint density at radius 1 is 1.62 bits per heavy atom. The number of carbonyl (C=O) groups excluding carboxylic acids is 1. The van der Waals surface area contributed by atoms with Crippen molar-refractivity contribution in [2.24, 2.45) is 0 Å². The maximum absolute atomic E-state index is 13.6. The van der Waals surface area contributed by atoms with Crippen molar-refractivity contribution in [1.82, 2.24) is 9.38 Å². The van der Waals surface area contributed by atoms with Crippen LogP contribution in [0.1, 0.15) is 16.2 Å². The summed E-state index contributed by atoms with van der Waals surface area (Å²) in [7, 11) is 1.21. The molecule has 0 radical (unpaired) electrons. The summed E-state index contributed by atoms with van der Waals surface area (Å²) >= 11 is 3.24. The zero-order valence-electron chi connectivity index (χ0n) is 8.62. The lowest BCUT2D eigenvalue weighted by atomic mass is 10.2. The molecular formula is C10H8BrFN2O2. The quantitative estimate of drug-likeness (QED) is 0.756. The number of ether oxygens (including phenoxy) is 1. The van der Waals surface area contributed by atoms with Gasteiger partial charge in [0.05, 0.1) is 18.2 Å². The molecule has 2 aromatic heterocycles. The number of methoxy groups -OCH3 is 1. The molecule has 84 valence electrons. The van der Waals surface area contributed by atoms with Crippen molar-refractivity contribution in [1.29, 1.82) is 0 Å². The van der Waals surface area contributed by atoms with Crippen molar-refractivity contribution >= 4 is 27.4 Å². The van der Waals surface area contributed by atoms with Crippen LogP contribution in [0.4, 0.5) is 4.39 Å². The minimum atomic E-state index is -0.703. The summed E-state index contributed by atoms with van der Waals surface area (Å²) in [5.41, 5.74) is 0.523. The third-order valence-electron chi connectivity index (χ3n) is 2.27. The van der Waals surface area contributed by atoms with Crippen molar-refractivity contribution in [2.45, 2.75) is 6.92 Å². The predicted octanol–water partition coefficient (Wildman–Crippen LogP) is 2.33. The van der Waals surface area contributed by atoms with Gasteiger partial charge in [-0.3, -0.25) is 4.40 Å². The van der Waals surface area contributed by atoms with Gasteiger partial charge in [0, 0.05) is 6.20 Å². The molecule has 0 unspecified atom stereocenters. The highest BCUT2D eigenvalue weighted by Crippen LogP contribution is 2.22. The first-order valence-corrected chi connectivity index (χ1v) is 5.26. The molecule has 0 bridgehead atoms. The maximum Gasteiger partial charge on any atom is 0.340 e. The Hall–Kier alpha value is -1.43. The minimum Gasteiger partial charge on any atom is -0.465 e. The molecule has 2 aromatic rings. The fourth-order valence-corrected chi connectivity index (χ4v) is 2.04. The standard InChI is InChI=1S/C10H8BrFN2O2/c1-5-13-9(11)8-3-6(10(15)16-2)7(12)4-14(5)8/h3-4H,1-2H3. The normalized spacial score (nSPS) is 10.8. The molecule has 0 fully saturated rings. The number of fused-ring (bicyclic) bond motifs is 1. The van der Waals surface area contributed by atoms with E-state index in [1.807, 2.05) is 0 Å². The van der Waals surface area contributed by atoms with E-state index >= 15 is 0 Å². The van der Waals surface area contributed by atoms with Crippen LogP contribution < -0.4 is 0 Å². The first kappa shape index (κ1) is 11.1. The van der Waals surface area contributed by atoms with E-state index in [1.54, 1.807) is 11.3 Å². The van der Waals surface area contributed by atoms with Crippen LogP contribution >= 0.6 is 15.9 Å². The first-order valence-electron chi connectivity index (χ1n) is 4.46. The summed E-state index contributed by atoms with van der Waals surface area (Å²) < 4.78 is 20.2. The minimum absolute atomic E-state index is 0.101. The fourth-order valence-electron chi connectivity index (χ4n) is 1.47. The first-order chi connectivity index (χ1) is 7.54. The van der Waals surface area contributed by atoms with Crippen molar-refractivity contribution < 1.29 is 13.9 Å². The van der Waals surface area contributed by atoms with E-state index in [-0.39, 0.29) is 5.56 Å². The molecule has 0 aliphatic carbocycles. The molecule has 0 spiro atoms. The number of carbonyl (C=O) groups is 1. The van der Waals surface area contributed by atoms with Crippen LogP contribution in [0, 0.1) is 12.7 Å². The Balaban J connectivity index is 2.75. The van der Waals surface area contributed by atoms with E-state index in [9.17, 15) is 9.18 Å². The fraction of sp³-hybridized carbons (Fsp3) is 0.200. The Bertz CT molecular complexity index is 580. The lowest BCUT2D eigenvalue weighted by molar-refractivity contribution is 0.0595. The SMILES string of the molecule is COC(=O)c1cc2c(Br)nc(C)n2cc1F. The monoisotopic (exact) mass is 286 g/mol. The smallest absolute Gasteiger partial charge is 0.340 e. The number of aryl methyl sites for hydroxylation is 1. The molecule has 0 saturated carbocycles. The van der Waals surface area contributed by atoms with Crippen LogP contribution in [-0.2, 0) is 4.74 Å². The second-order valence-corrected chi connectivity index (χ2v) is 3.98. The van der Waals surface area contributed by atoms with E-state index in [1.165, 1.54) is 19.4 Å². The second kappa shape index (κ2) is 3.86. The second-order valence-electron chi connectivity index (χ2n) is 3.23. The van der Waals surface area contributed by atoms with Gasteiger partial charge < -0.3 is 4.74 Å². The number of esters is 1. The number of aromatic nitrogens is 2.